The molecule has 0 spiro atoms. The number of fused-ring (bicyclic) bond motifs is 1. The summed E-state index contributed by atoms with van der Waals surface area (Å²) in [7, 11) is 0. The van der Waals surface area contributed by atoms with Gasteiger partial charge in [-0.15, -0.1) is 10.2 Å². The normalized spacial score (nSPS) is 19.3. The molecule has 2 aliphatic rings. The van der Waals surface area contributed by atoms with E-state index in [2.05, 4.69) is 22.3 Å². The summed E-state index contributed by atoms with van der Waals surface area (Å²) in [6.45, 7) is 1.95. The zero-order valence-electron chi connectivity index (χ0n) is 14.0. The summed E-state index contributed by atoms with van der Waals surface area (Å²) in [5.74, 6) is -0.248. The Morgan fingerprint density at radius 2 is 2.16 bits per heavy atom. The van der Waals surface area contributed by atoms with Gasteiger partial charge in [0.1, 0.15) is 0 Å². The van der Waals surface area contributed by atoms with Gasteiger partial charge < -0.3 is 14.1 Å². The number of hydrogen-bond acceptors (Lipinski definition) is 6. The number of carbonyl (C=O) groups excluding carboxylic acids is 2. The molecule has 0 N–H and O–H groups in total. The maximum atomic E-state index is 12.3. The van der Waals surface area contributed by atoms with Gasteiger partial charge in [-0.05, 0) is 42.5 Å². The molecular weight excluding hydrogens is 322 g/mol. The van der Waals surface area contributed by atoms with Crippen LogP contribution in [0, 0.1) is 12.8 Å². The molecule has 1 aromatic heterocycles. The van der Waals surface area contributed by atoms with Crippen LogP contribution in [-0.2, 0) is 33.8 Å². The van der Waals surface area contributed by atoms with Gasteiger partial charge in [0, 0.05) is 25.6 Å². The minimum Gasteiger partial charge on any atom is -0.455 e. The summed E-state index contributed by atoms with van der Waals surface area (Å²) < 4.78 is 10.4. The van der Waals surface area contributed by atoms with E-state index in [0.717, 1.165) is 24.9 Å². The molecule has 7 heteroatoms. The minimum atomic E-state index is -0.468. The van der Waals surface area contributed by atoms with Crippen LogP contribution >= 0.6 is 0 Å². The molecular formula is C18H19N3O4. The second kappa shape index (κ2) is 6.31. The third-order valence-corrected chi connectivity index (χ3v) is 4.76. The van der Waals surface area contributed by atoms with E-state index in [9.17, 15) is 9.59 Å². The first-order valence-corrected chi connectivity index (χ1v) is 8.48. The zero-order chi connectivity index (χ0) is 17.4. The van der Waals surface area contributed by atoms with E-state index in [-0.39, 0.29) is 24.8 Å². The van der Waals surface area contributed by atoms with Gasteiger partial charge in [-0.25, -0.2) is 0 Å². The van der Waals surface area contributed by atoms with Crippen LogP contribution in [0.3, 0.4) is 0 Å². The first-order chi connectivity index (χ1) is 12.1. The number of hydrogen-bond donors (Lipinski definition) is 0. The predicted molar refractivity (Wildman–Crippen MR) is 87.8 cm³/mol. The van der Waals surface area contributed by atoms with Gasteiger partial charge in [-0.2, -0.15) is 0 Å². The van der Waals surface area contributed by atoms with E-state index in [4.69, 9.17) is 9.15 Å². The summed E-state index contributed by atoms with van der Waals surface area (Å²) in [5, 5.41) is 7.47. The molecule has 1 aromatic carbocycles. The van der Waals surface area contributed by atoms with Crippen molar-refractivity contribution in [3.63, 3.8) is 0 Å². The van der Waals surface area contributed by atoms with Crippen molar-refractivity contribution in [2.24, 2.45) is 5.92 Å². The lowest BCUT2D eigenvalue weighted by molar-refractivity contribution is -0.150. The number of esters is 1. The lowest BCUT2D eigenvalue weighted by atomic mass is 10.1. The molecule has 0 radical (unpaired) electrons. The molecule has 1 atom stereocenters. The van der Waals surface area contributed by atoms with Gasteiger partial charge in [0.2, 0.25) is 11.8 Å². The first-order valence-electron chi connectivity index (χ1n) is 8.48. The number of benzene rings is 1. The van der Waals surface area contributed by atoms with E-state index < -0.39 is 11.9 Å². The van der Waals surface area contributed by atoms with Crippen LogP contribution in [0.5, 0.6) is 0 Å². The van der Waals surface area contributed by atoms with E-state index >= 15 is 0 Å². The number of aromatic nitrogens is 2. The third-order valence-electron chi connectivity index (χ3n) is 4.76. The van der Waals surface area contributed by atoms with Gasteiger partial charge in [-0.1, -0.05) is 6.07 Å². The molecule has 1 saturated heterocycles. The van der Waals surface area contributed by atoms with E-state index in [0.29, 0.717) is 12.4 Å². The van der Waals surface area contributed by atoms with Gasteiger partial charge >= 0.3 is 5.97 Å². The Hall–Kier alpha value is -2.70. The third kappa shape index (κ3) is 3.14. The Bertz CT molecular complexity index is 829. The number of rotatable bonds is 4. The monoisotopic (exact) mass is 341 g/mol. The van der Waals surface area contributed by atoms with E-state index in [1.165, 1.54) is 11.1 Å². The van der Waals surface area contributed by atoms with Crippen LogP contribution in [-0.4, -0.2) is 28.6 Å². The van der Waals surface area contributed by atoms with Crippen molar-refractivity contribution >= 4 is 17.6 Å². The molecule has 1 fully saturated rings. The zero-order valence-corrected chi connectivity index (χ0v) is 14.0. The van der Waals surface area contributed by atoms with Gasteiger partial charge in [0.15, 0.2) is 6.61 Å². The molecule has 7 nitrogen and oxygen atoms in total. The Morgan fingerprint density at radius 1 is 1.32 bits per heavy atom. The fraction of sp³-hybridized carbons (Fsp3) is 0.444. The summed E-state index contributed by atoms with van der Waals surface area (Å²) >= 11 is 0. The van der Waals surface area contributed by atoms with E-state index in [1.54, 1.807) is 11.8 Å². The Balaban J connectivity index is 1.40. The van der Waals surface area contributed by atoms with Gasteiger partial charge in [-0.3, -0.25) is 9.59 Å². The van der Waals surface area contributed by atoms with E-state index in [1.807, 2.05) is 6.07 Å². The highest BCUT2D eigenvalue weighted by Gasteiger charge is 2.36. The summed E-state index contributed by atoms with van der Waals surface area (Å²) in [4.78, 5) is 26.3. The molecule has 0 bridgehead atoms. The summed E-state index contributed by atoms with van der Waals surface area (Å²) in [5.41, 5.74) is 3.54. The van der Waals surface area contributed by atoms with Crippen molar-refractivity contribution < 1.29 is 18.7 Å². The lowest BCUT2D eigenvalue weighted by Crippen LogP contribution is -2.26. The molecule has 25 heavy (non-hydrogen) atoms. The lowest BCUT2D eigenvalue weighted by Gasteiger charge is -2.17. The SMILES string of the molecule is Cc1nnc(COC(=O)[C@@H]2CC(=O)N(c3ccc4c(c3)CCC4)C2)o1. The number of ether oxygens (including phenoxy) is 1. The van der Waals surface area contributed by atoms with Crippen LogP contribution in [0.15, 0.2) is 22.6 Å². The second-order valence-electron chi connectivity index (χ2n) is 6.53. The van der Waals surface area contributed by atoms with Crippen LogP contribution < -0.4 is 4.90 Å². The van der Waals surface area contributed by atoms with Crippen LogP contribution in [0.4, 0.5) is 5.69 Å². The molecule has 4 rings (SSSR count). The molecule has 1 amide bonds. The molecule has 0 saturated carbocycles. The molecule has 130 valence electrons. The quantitative estimate of drug-likeness (QED) is 0.790. The molecule has 0 unspecified atom stereocenters. The fourth-order valence-electron chi connectivity index (χ4n) is 3.49. The highest BCUT2D eigenvalue weighted by Crippen LogP contribution is 2.31. The minimum absolute atomic E-state index is 0.0477. The molecule has 2 heterocycles. The Labute approximate surface area is 145 Å². The maximum Gasteiger partial charge on any atom is 0.311 e. The highest BCUT2D eigenvalue weighted by atomic mass is 16.5. The number of amides is 1. The smallest absolute Gasteiger partial charge is 0.311 e. The topological polar surface area (TPSA) is 85.5 Å². The maximum absolute atomic E-state index is 12.3. The van der Waals surface area contributed by atoms with Crippen LogP contribution in [0.25, 0.3) is 0 Å². The number of aryl methyl sites for hydroxylation is 3. The number of anilines is 1. The Morgan fingerprint density at radius 3 is 2.96 bits per heavy atom. The molecule has 1 aliphatic heterocycles. The van der Waals surface area contributed by atoms with Crippen molar-refractivity contribution in [1.82, 2.24) is 10.2 Å². The number of nitrogens with zero attached hydrogens (tertiary/aromatic N) is 3. The second-order valence-corrected chi connectivity index (χ2v) is 6.53. The van der Waals surface area contributed by atoms with Crippen molar-refractivity contribution in [1.29, 1.82) is 0 Å². The fourth-order valence-corrected chi connectivity index (χ4v) is 3.49. The van der Waals surface area contributed by atoms with Crippen LogP contribution in [0.1, 0.15) is 35.7 Å². The summed E-state index contributed by atoms with van der Waals surface area (Å²) in [6, 6.07) is 6.14. The van der Waals surface area contributed by atoms with Crippen molar-refractivity contribution in [2.75, 3.05) is 11.4 Å². The van der Waals surface area contributed by atoms with Crippen molar-refractivity contribution in [3.05, 3.63) is 41.1 Å². The first kappa shape index (κ1) is 15.8. The average Bonchev–Trinajstić information content (AvgIpc) is 3.31. The molecule has 2 aromatic rings. The highest BCUT2D eigenvalue weighted by molar-refractivity contribution is 5.99. The Kier molecular flexibility index (Phi) is 3.99. The van der Waals surface area contributed by atoms with Crippen molar-refractivity contribution in [3.8, 4) is 0 Å². The summed E-state index contributed by atoms with van der Waals surface area (Å²) in [6.07, 6.45) is 3.49. The largest absolute Gasteiger partial charge is 0.455 e. The van der Waals surface area contributed by atoms with Gasteiger partial charge in [0.05, 0.1) is 5.92 Å². The van der Waals surface area contributed by atoms with Gasteiger partial charge in [0.25, 0.3) is 5.89 Å². The van der Waals surface area contributed by atoms with Crippen LogP contribution in [0.2, 0.25) is 0 Å². The molecule has 1 aliphatic carbocycles. The number of carbonyl (C=O) groups is 2. The average molecular weight is 341 g/mol. The predicted octanol–water partition coefficient (Wildman–Crippen LogP) is 1.96. The van der Waals surface area contributed by atoms with Crippen molar-refractivity contribution in [2.45, 2.75) is 39.2 Å². The standard InChI is InChI=1S/C18H19N3O4/c1-11-19-20-16(25-11)10-24-18(23)14-8-17(22)21(9-14)15-6-5-12-3-2-4-13(12)7-15/h5-7,14H,2-4,8-10H2,1H3/t14-/m1/s1.